The van der Waals surface area contributed by atoms with Crippen LogP contribution in [0.25, 0.3) is 5.76 Å². The molecule has 9 heteroatoms. The Morgan fingerprint density at radius 3 is 2.46 bits per heavy atom. The van der Waals surface area contributed by atoms with Crippen LogP contribution in [0, 0.1) is 0 Å². The van der Waals surface area contributed by atoms with Gasteiger partial charge < -0.3 is 24.2 Å². The van der Waals surface area contributed by atoms with Crippen LogP contribution in [-0.2, 0) is 25.5 Å². The van der Waals surface area contributed by atoms with Crippen LogP contribution in [0.3, 0.4) is 0 Å². The number of likely N-dealkylation sites (tertiary alicyclic amines) is 1. The summed E-state index contributed by atoms with van der Waals surface area (Å²) in [5.74, 6) is -1.34. The maximum atomic E-state index is 13.3. The summed E-state index contributed by atoms with van der Waals surface area (Å²) in [6.07, 6.45) is 0.731. The Balaban J connectivity index is 1.53. The standard InChI is InChI=1S/C28H30N2O7/c1-17-15-21-16-20(7-8-22(21)37-17)25(31)23-24(18-3-5-19(6-4-18)28(34)35-2)30(27(33)26(23)32)10-9-29-11-13-36-14-12-29/h3-8,16-17,24,31H,9-15H2,1-2H3/b25-23+/t17-,24+/m1/s1. The van der Waals surface area contributed by atoms with Crippen molar-refractivity contribution in [3.8, 4) is 5.75 Å². The number of aliphatic hydroxyl groups is 1. The average molecular weight is 507 g/mol. The van der Waals surface area contributed by atoms with E-state index in [1.54, 1.807) is 36.4 Å². The summed E-state index contributed by atoms with van der Waals surface area (Å²) in [6, 6.07) is 11.1. The lowest BCUT2D eigenvalue weighted by Crippen LogP contribution is -2.42. The zero-order chi connectivity index (χ0) is 26.1. The lowest BCUT2D eigenvalue weighted by Gasteiger charge is -2.31. The highest BCUT2D eigenvalue weighted by atomic mass is 16.5. The molecule has 5 rings (SSSR count). The predicted molar refractivity (Wildman–Crippen MR) is 134 cm³/mol. The van der Waals surface area contributed by atoms with E-state index in [4.69, 9.17) is 14.2 Å². The van der Waals surface area contributed by atoms with Crippen molar-refractivity contribution < 1.29 is 33.7 Å². The fourth-order valence-electron chi connectivity index (χ4n) is 5.18. The summed E-state index contributed by atoms with van der Waals surface area (Å²) in [5.41, 5.74) is 2.40. The number of carbonyl (C=O) groups excluding carboxylic acids is 3. The van der Waals surface area contributed by atoms with Crippen LogP contribution < -0.4 is 4.74 Å². The first kappa shape index (κ1) is 25.0. The van der Waals surface area contributed by atoms with Crippen LogP contribution in [0.1, 0.15) is 40.0 Å². The second-order valence-corrected chi connectivity index (χ2v) is 9.52. The molecule has 0 bridgehead atoms. The Bertz CT molecular complexity index is 1250. The normalized spacial score (nSPS) is 23.1. The molecule has 37 heavy (non-hydrogen) atoms. The summed E-state index contributed by atoms with van der Waals surface area (Å²) in [6.45, 7) is 5.59. The number of methoxy groups -OCH3 is 1. The molecule has 0 radical (unpaired) electrons. The van der Waals surface area contributed by atoms with E-state index in [-0.39, 0.29) is 17.4 Å². The first-order valence-corrected chi connectivity index (χ1v) is 12.4. The van der Waals surface area contributed by atoms with Crippen molar-refractivity contribution in [3.05, 3.63) is 70.3 Å². The van der Waals surface area contributed by atoms with Gasteiger partial charge in [-0.2, -0.15) is 0 Å². The molecular formula is C28H30N2O7. The number of hydrogen-bond donors (Lipinski definition) is 1. The molecule has 2 fully saturated rings. The zero-order valence-corrected chi connectivity index (χ0v) is 20.9. The van der Waals surface area contributed by atoms with Crippen molar-refractivity contribution >= 4 is 23.4 Å². The second-order valence-electron chi connectivity index (χ2n) is 9.52. The molecule has 3 aliphatic heterocycles. The minimum absolute atomic E-state index is 0.0321. The minimum Gasteiger partial charge on any atom is -0.507 e. The minimum atomic E-state index is -0.795. The van der Waals surface area contributed by atoms with Gasteiger partial charge in [-0.1, -0.05) is 12.1 Å². The van der Waals surface area contributed by atoms with Crippen LogP contribution in [-0.4, -0.2) is 85.2 Å². The first-order valence-electron chi connectivity index (χ1n) is 12.4. The third-order valence-corrected chi connectivity index (χ3v) is 7.12. The largest absolute Gasteiger partial charge is 0.507 e. The number of amides is 1. The van der Waals surface area contributed by atoms with Crippen molar-refractivity contribution in [1.82, 2.24) is 9.80 Å². The van der Waals surface area contributed by atoms with E-state index in [0.29, 0.717) is 49.4 Å². The molecule has 2 aromatic rings. The van der Waals surface area contributed by atoms with Crippen LogP contribution in [0.15, 0.2) is 48.0 Å². The summed E-state index contributed by atoms with van der Waals surface area (Å²) in [4.78, 5) is 42.2. The molecule has 0 unspecified atom stereocenters. The van der Waals surface area contributed by atoms with Gasteiger partial charge in [0.25, 0.3) is 11.7 Å². The van der Waals surface area contributed by atoms with E-state index in [1.165, 1.54) is 12.0 Å². The molecule has 0 saturated carbocycles. The molecule has 1 amide bonds. The van der Waals surface area contributed by atoms with Gasteiger partial charge in [0.15, 0.2) is 0 Å². The number of rotatable bonds is 6. The number of aliphatic hydroxyl groups excluding tert-OH is 1. The van der Waals surface area contributed by atoms with Crippen molar-refractivity contribution in [1.29, 1.82) is 0 Å². The van der Waals surface area contributed by atoms with Gasteiger partial charge in [-0.25, -0.2) is 4.79 Å². The Morgan fingerprint density at radius 2 is 1.76 bits per heavy atom. The number of esters is 1. The molecule has 1 N–H and O–H groups in total. The van der Waals surface area contributed by atoms with Crippen molar-refractivity contribution in [2.45, 2.75) is 25.5 Å². The molecular weight excluding hydrogens is 476 g/mol. The van der Waals surface area contributed by atoms with E-state index >= 15 is 0 Å². The zero-order valence-electron chi connectivity index (χ0n) is 20.9. The predicted octanol–water partition coefficient (Wildman–Crippen LogP) is 2.55. The van der Waals surface area contributed by atoms with E-state index in [2.05, 4.69) is 4.90 Å². The third kappa shape index (κ3) is 4.84. The smallest absolute Gasteiger partial charge is 0.337 e. The SMILES string of the molecule is COC(=O)c1ccc([C@H]2/C(=C(\O)c3ccc4c(c3)C[C@@H](C)O4)C(=O)C(=O)N2CCN2CCOCC2)cc1. The number of carbonyl (C=O) groups is 3. The van der Waals surface area contributed by atoms with Gasteiger partial charge >= 0.3 is 5.97 Å². The van der Waals surface area contributed by atoms with E-state index in [0.717, 1.165) is 24.4 Å². The molecule has 194 valence electrons. The number of fused-ring (bicyclic) bond motifs is 1. The molecule has 2 atom stereocenters. The first-order chi connectivity index (χ1) is 17.9. The van der Waals surface area contributed by atoms with Gasteiger partial charge in [-0.15, -0.1) is 0 Å². The van der Waals surface area contributed by atoms with Gasteiger partial charge in [-0.3, -0.25) is 14.5 Å². The van der Waals surface area contributed by atoms with Crippen molar-refractivity contribution in [2.75, 3.05) is 46.5 Å². The number of ether oxygens (including phenoxy) is 3. The summed E-state index contributed by atoms with van der Waals surface area (Å²) < 4.78 is 16.0. The topological polar surface area (TPSA) is 106 Å². The number of benzene rings is 2. The highest BCUT2D eigenvalue weighted by molar-refractivity contribution is 6.46. The number of nitrogens with zero attached hydrogens (tertiary/aromatic N) is 2. The highest BCUT2D eigenvalue weighted by Gasteiger charge is 2.46. The fraction of sp³-hybridized carbons (Fsp3) is 0.393. The van der Waals surface area contributed by atoms with E-state index in [1.807, 2.05) is 13.0 Å². The average Bonchev–Trinajstić information content (AvgIpc) is 3.42. The Kier molecular flexibility index (Phi) is 6.99. The summed E-state index contributed by atoms with van der Waals surface area (Å²) >= 11 is 0. The second kappa shape index (κ2) is 10.4. The Hall–Kier alpha value is -3.69. The summed E-state index contributed by atoms with van der Waals surface area (Å²) in [7, 11) is 1.30. The van der Waals surface area contributed by atoms with Gasteiger partial charge in [0.2, 0.25) is 0 Å². The molecule has 9 nitrogen and oxygen atoms in total. The van der Waals surface area contributed by atoms with Gasteiger partial charge in [-0.05, 0) is 48.4 Å². The maximum Gasteiger partial charge on any atom is 0.337 e. The highest BCUT2D eigenvalue weighted by Crippen LogP contribution is 2.40. The Labute approximate surface area is 215 Å². The van der Waals surface area contributed by atoms with E-state index in [9.17, 15) is 19.5 Å². The van der Waals surface area contributed by atoms with Crippen LogP contribution >= 0.6 is 0 Å². The van der Waals surface area contributed by atoms with Gasteiger partial charge in [0.1, 0.15) is 17.6 Å². The molecule has 0 aromatic heterocycles. The van der Waals surface area contributed by atoms with Crippen molar-refractivity contribution in [3.63, 3.8) is 0 Å². The molecule has 2 saturated heterocycles. The molecule has 3 heterocycles. The molecule has 3 aliphatic rings. The number of Topliss-reactive ketones (excluding diaryl/α,β-unsaturated/α-hetero) is 1. The van der Waals surface area contributed by atoms with Crippen LogP contribution in [0.4, 0.5) is 0 Å². The Morgan fingerprint density at radius 1 is 1.05 bits per heavy atom. The van der Waals surface area contributed by atoms with E-state index < -0.39 is 23.7 Å². The van der Waals surface area contributed by atoms with Gasteiger partial charge in [0, 0.05) is 38.2 Å². The number of morpholine rings is 1. The fourth-order valence-corrected chi connectivity index (χ4v) is 5.18. The quantitative estimate of drug-likeness (QED) is 0.276. The van der Waals surface area contributed by atoms with Gasteiger partial charge in [0.05, 0.1) is 37.5 Å². The van der Waals surface area contributed by atoms with Crippen LogP contribution in [0.2, 0.25) is 0 Å². The molecule has 0 spiro atoms. The third-order valence-electron chi connectivity index (χ3n) is 7.12. The lowest BCUT2D eigenvalue weighted by atomic mass is 9.94. The van der Waals surface area contributed by atoms with Crippen molar-refractivity contribution in [2.24, 2.45) is 0 Å². The molecule has 2 aromatic carbocycles. The van der Waals surface area contributed by atoms with Crippen LogP contribution in [0.5, 0.6) is 5.75 Å². The number of ketones is 1. The number of hydrogen-bond acceptors (Lipinski definition) is 8. The summed E-state index contributed by atoms with van der Waals surface area (Å²) in [5, 5.41) is 11.4. The lowest BCUT2D eigenvalue weighted by molar-refractivity contribution is -0.140. The monoisotopic (exact) mass is 506 g/mol. The maximum absolute atomic E-state index is 13.3. The molecule has 0 aliphatic carbocycles.